The van der Waals surface area contributed by atoms with Crippen molar-refractivity contribution in [3.63, 3.8) is 0 Å². The van der Waals surface area contributed by atoms with Gasteiger partial charge in [-0.1, -0.05) is 29.8 Å². The average Bonchev–Trinajstić information content (AvgIpc) is 2.83. The van der Waals surface area contributed by atoms with Crippen LogP contribution in [0, 0.1) is 0 Å². The van der Waals surface area contributed by atoms with Gasteiger partial charge in [0.2, 0.25) is 0 Å². The van der Waals surface area contributed by atoms with E-state index in [0.717, 1.165) is 23.3 Å². The molecule has 96 valence electrons. The Balaban J connectivity index is 1.66. The number of nitrogens with zero attached hydrogens (tertiary/aromatic N) is 2. The van der Waals surface area contributed by atoms with Crippen molar-refractivity contribution in [2.75, 3.05) is 6.61 Å². The zero-order valence-electron chi connectivity index (χ0n) is 10.3. The molecule has 0 spiro atoms. The second kappa shape index (κ2) is 5.33. The molecule has 0 aliphatic heterocycles. The maximum atomic E-state index is 5.91. The van der Waals surface area contributed by atoms with Gasteiger partial charge in [0.1, 0.15) is 12.4 Å². The van der Waals surface area contributed by atoms with Gasteiger partial charge in [0.25, 0.3) is 0 Å². The molecule has 0 aliphatic carbocycles. The predicted octanol–water partition coefficient (Wildman–Crippen LogP) is 3.77. The van der Waals surface area contributed by atoms with Gasteiger partial charge in [-0.3, -0.25) is 0 Å². The van der Waals surface area contributed by atoms with Gasteiger partial charge in [0, 0.05) is 5.02 Å². The third-order valence-corrected chi connectivity index (χ3v) is 3.16. The van der Waals surface area contributed by atoms with Gasteiger partial charge in [-0.2, -0.15) is 0 Å². The Kier molecular flexibility index (Phi) is 3.38. The van der Waals surface area contributed by atoms with Gasteiger partial charge < -0.3 is 9.30 Å². The topological polar surface area (TPSA) is 27.1 Å². The van der Waals surface area contributed by atoms with Crippen molar-refractivity contribution in [3.05, 3.63) is 59.9 Å². The molecule has 0 unspecified atom stereocenters. The summed E-state index contributed by atoms with van der Waals surface area (Å²) < 4.78 is 7.76. The zero-order valence-corrected chi connectivity index (χ0v) is 11.0. The third kappa shape index (κ3) is 2.71. The van der Waals surface area contributed by atoms with Gasteiger partial charge in [-0.05, 0) is 30.3 Å². The van der Waals surface area contributed by atoms with Crippen molar-refractivity contribution in [1.82, 2.24) is 9.55 Å². The van der Waals surface area contributed by atoms with Crippen LogP contribution in [0.3, 0.4) is 0 Å². The standard InChI is InChI=1S/C15H13ClN2O/c16-12-4-3-5-13(10-12)19-9-8-18-11-17-14-6-1-2-7-15(14)18/h1-7,10-11H,8-9H2. The van der Waals surface area contributed by atoms with Crippen LogP contribution in [-0.4, -0.2) is 16.2 Å². The lowest BCUT2D eigenvalue weighted by atomic mass is 10.3. The minimum Gasteiger partial charge on any atom is -0.492 e. The van der Waals surface area contributed by atoms with Crippen molar-refractivity contribution in [3.8, 4) is 5.75 Å². The first kappa shape index (κ1) is 12.1. The number of rotatable bonds is 4. The number of fused-ring (bicyclic) bond motifs is 1. The zero-order chi connectivity index (χ0) is 13.1. The van der Waals surface area contributed by atoms with E-state index in [9.17, 15) is 0 Å². The number of hydrogen-bond donors (Lipinski definition) is 0. The number of hydrogen-bond acceptors (Lipinski definition) is 2. The molecule has 0 N–H and O–H groups in total. The number of aromatic nitrogens is 2. The van der Waals surface area contributed by atoms with Crippen molar-refractivity contribution in [2.45, 2.75) is 6.54 Å². The Morgan fingerprint density at radius 1 is 1.11 bits per heavy atom. The highest BCUT2D eigenvalue weighted by Crippen LogP contribution is 2.17. The molecule has 0 bridgehead atoms. The lowest BCUT2D eigenvalue weighted by Crippen LogP contribution is -2.07. The molecule has 19 heavy (non-hydrogen) atoms. The second-order valence-electron chi connectivity index (χ2n) is 4.23. The first-order chi connectivity index (χ1) is 9.33. The summed E-state index contributed by atoms with van der Waals surface area (Å²) >= 11 is 5.91. The maximum Gasteiger partial charge on any atom is 0.120 e. The molecule has 4 heteroatoms. The number of benzene rings is 2. The summed E-state index contributed by atoms with van der Waals surface area (Å²) in [6.07, 6.45) is 1.84. The molecule has 3 nitrogen and oxygen atoms in total. The number of halogens is 1. The summed E-state index contributed by atoms with van der Waals surface area (Å²) in [5.41, 5.74) is 2.13. The molecule has 1 heterocycles. The fourth-order valence-electron chi connectivity index (χ4n) is 2.01. The molecule has 0 saturated carbocycles. The quantitative estimate of drug-likeness (QED) is 0.723. The summed E-state index contributed by atoms with van der Waals surface area (Å²) in [5, 5.41) is 0.686. The largest absolute Gasteiger partial charge is 0.492 e. The number of para-hydroxylation sites is 2. The highest BCUT2D eigenvalue weighted by molar-refractivity contribution is 6.30. The highest BCUT2D eigenvalue weighted by atomic mass is 35.5. The Labute approximate surface area is 116 Å². The third-order valence-electron chi connectivity index (χ3n) is 2.92. The van der Waals surface area contributed by atoms with E-state index in [1.54, 1.807) is 0 Å². The van der Waals surface area contributed by atoms with Crippen LogP contribution in [-0.2, 0) is 6.54 Å². The van der Waals surface area contributed by atoms with Crippen LogP contribution in [0.5, 0.6) is 5.75 Å². The number of ether oxygens (including phenoxy) is 1. The molecular formula is C15H13ClN2O. The van der Waals surface area contributed by atoms with E-state index in [1.165, 1.54) is 0 Å². The van der Waals surface area contributed by atoms with E-state index in [1.807, 2.05) is 48.8 Å². The van der Waals surface area contributed by atoms with Gasteiger partial charge in [0.15, 0.2) is 0 Å². The fourth-order valence-corrected chi connectivity index (χ4v) is 2.19. The monoisotopic (exact) mass is 272 g/mol. The highest BCUT2D eigenvalue weighted by Gasteiger charge is 2.01. The van der Waals surface area contributed by atoms with E-state index in [-0.39, 0.29) is 0 Å². The van der Waals surface area contributed by atoms with Crippen molar-refractivity contribution in [1.29, 1.82) is 0 Å². The van der Waals surface area contributed by atoms with Gasteiger partial charge in [-0.25, -0.2) is 4.98 Å². The van der Waals surface area contributed by atoms with Crippen molar-refractivity contribution < 1.29 is 4.74 Å². The van der Waals surface area contributed by atoms with Crippen LogP contribution in [0.15, 0.2) is 54.9 Å². The first-order valence-electron chi connectivity index (χ1n) is 6.11. The van der Waals surface area contributed by atoms with Gasteiger partial charge in [0.05, 0.1) is 23.9 Å². The smallest absolute Gasteiger partial charge is 0.120 e. The minimum absolute atomic E-state index is 0.584. The van der Waals surface area contributed by atoms with E-state index >= 15 is 0 Å². The summed E-state index contributed by atoms with van der Waals surface area (Å²) in [4.78, 5) is 4.34. The maximum absolute atomic E-state index is 5.91. The van der Waals surface area contributed by atoms with Crippen LogP contribution in [0.2, 0.25) is 5.02 Å². The molecule has 0 amide bonds. The Bertz CT molecular complexity index is 693. The van der Waals surface area contributed by atoms with Gasteiger partial charge >= 0.3 is 0 Å². The van der Waals surface area contributed by atoms with E-state index < -0.39 is 0 Å². The average molecular weight is 273 g/mol. The predicted molar refractivity (Wildman–Crippen MR) is 76.7 cm³/mol. The van der Waals surface area contributed by atoms with Gasteiger partial charge in [-0.15, -0.1) is 0 Å². The summed E-state index contributed by atoms with van der Waals surface area (Å²) in [7, 11) is 0. The Morgan fingerprint density at radius 2 is 2.00 bits per heavy atom. The van der Waals surface area contributed by atoms with E-state index in [2.05, 4.69) is 15.6 Å². The lowest BCUT2D eigenvalue weighted by Gasteiger charge is -2.07. The SMILES string of the molecule is Clc1cccc(OCCn2cnc3ccccc32)c1. The molecule has 0 radical (unpaired) electrons. The first-order valence-corrected chi connectivity index (χ1v) is 6.49. The Morgan fingerprint density at radius 3 is 2.89 bits per heavy atom. The molecule has 2 aromatic carbocycles. The molecule has 0 saturated heterocycles. The summed E-state index contributed by atoms with van der Waals surface area (Å²) in [6.45, 7) is 1.34. The molecular weight excluding hydrogens is 260 g/mol. The number of imidazole rings is 1. The minimum atomic E-state index is 0.584. The van der Waals surface area contributed by atoms with E-state index in [0.29, 0.717) is 11.6 Å². The normalized spacial score (nSPS) is 10.8. The molecule has 3 rings (SSSR count). The van der Waals surface area contributed by atoms with Crippen LogP contribution >= 0.6 is 11.6 Å². The van der Waals surface area contributed by atoms with Crippen molar-refractivity contribution in [2.24, 2.45) is 0 Å². The summed E-state index contributed by atoms with van der Waals surface area (Å²) in [5.74, 6) is 0.789. The fraction of sp³-hybridized carbons (Fsp3) is 0.133. The molecule has 0 aliphatic rings. The van der Waals surface area contributed by atoms with Crippen LogP contribution < -0.4 is 4.74 Å². The van der Waals surface area contributed by atoms with Crippen LogP contribution in [0.25, 0.3) is 11.0 Å². The van der Waals surface area contributed by atoms with E-state index in [4.69, 9.17) is 16.3 Å². The summed E-state index contributed by atoms with van der Waals surface area (Å²) in [6, 6.07) is 15.5. The molecule has 0 atom stereocenters. The molecule has 3 aromatic rings. The lowest BCUT2D eigenvalue weighted by molar-refractivity contribution is 0.300. The molecule has 1 aromatic heterocycles. The van der Waals surface area contributed by atoms with Crippen LogP contribution in [0.1, 0.15) is 0 Å². The van der Waals surface area contributed by atoms with Crippen LogP contribution in [0.4, 0.5) is 0 Å². The Hall–Kier alpha value is -2.00. The second-order valence-corrected chi connectivity index (χ2v) is 4.67. The molecule has 0 fully saturated rings. The van der Waals surface area contributed by atoms with Crippen molar-refractivity contribution >= 4 is 22.6 Å².